The quantitative estimate of drug-likeness (QED) is 0.509. The van der Waals surface area contributed by atoms with E-state index in [-0.39, 0.29) is 0 Å². The summed E-state index contributed by atoms with van der Waals surface area (Å²) in [6.07, 6.45) is 0. The predicted molar refractivity (Wildman–Crippen MR) is 53.0 cm³/mol. The van der Waals surface area contributed by atoms with Crippen LogP contribution in [0, 0.1) is 0 Å². The third kappa shape index (κ3) is 5.70. The molecular formula is C4H10ClO4PS2. The Bertz CT molecular complexity index is 146. The molecule has 0 N–H and O–H groups in total. The number of halogens is 1. The van der Waals surface area contributed by atoms with Crippen molar-refractivity contribution in [2.24, 2.45) is 0 Å². The van der Waals surface area contributed by atoms with Crippen molar-refractivity contribution in [2.75, 3.05) is 11.5 Å². The van der Waals surface area contributed by atoms with Gasteiger partial charge in [-0.3, -0.25) is 0 Å². The van der Waals surface area contributed by atoms with Gasteiger partial charge in [0.25, 0.3) is 0 Å². The Labute approximate surface area is 85.9 Å². The first-order valence-electron chi connectivity index (χ1n) is 3.21. The zero-order chi connectivity index (χ0) is 9.45. The number of rotatable bonds is 7. The summed E-state index contributed by atoms with van der Waals surface area (Å²) in [6, 6.07) is 0. The molecular weight excluding hydrogens is 243 g/mol. The fourth-order valence-electron chi connectivity index (χ4n) is 0.270. The number of phosphoric acid groups is 1. The predicted octanol–water partition coefficient (Wildman–Crippen LogP) is 3.63. The monoisotopic (exact) mass is 252 g/mol. The van der Waals surface area contributed by atoms with E-state index >= 15 is 0 Å². The minimum atomic E-state index is -3.54. The van der Waals surface area contributed by atoms with Gasteiger partial charge in [-0.05, 0) is 0 Å². The van der Waals surface area contributed by atoms with E-state index in [0.717, 1.165) is 24.1 Å². The van der Waals surface area contributed by atoms with Crippen LogP contribution in [0.3, 0.4) is 0 Å². The summed E-state index contributed by atoms with van der Waals surface area (Å²) in [5, 5.41) is 0. The molecule has 0 amide bonds. The Morgan fingerprint density at radius 2 is 1.67 bits per heavy atom. The van der Waals surface area contributed by atoms with Crippen LogP contribution in [0.1, 0.15) is 13.8 Å². The summed E-state index contributed by atoms with van der Waals surface area (Å²) in [5.74, 6) is 1.29. The highest BCUT2D eigenvalue weighted by atomic mass is 35.5. The molecule has 0 aliphatic heterocycles. The van der Waals surface area contributed by atoms with Gasteiger partial charge < -0.3 is 0 Å². The Balaban J connectivity index is 3.79. The third-order valence-electron chi connectivity index (χ3n) is 0.608. The van der Waals surface area contributed by atoms with Crippen LogP contribution in [0.15, 0.2) is 0 Å². The molecule has 0 radical (unpaired) electrons. The van der Waals surface area contributed by atoms with E-state index in [1.54, 1.807) is 0 Å². The van der Waals surface area contributed by atoms with Gasteiger partial charge in [-0.1, -0.05) is 13.8 Å². The van der Waals surface area contributed by atoms with Crippen molar-refractivity contribution in [3.63, 3.8) is 0 Å². The van der Waals surface area contributed by atoms with E-state index < -0.39 is 7.82 Å². The lowest BCUT2D eigenvalue weighted by atomic mass is 11.0. The Morgan fingerprint density at radius 1 is 1.25 bits per heavy atom. The van der Waals surface area contributed by atoms with Crippen LogP contribution in [0.2, 0.25) is 0 Å². The highest BCUT2D eigenvalue weighted by molar-refractivity contribution is 8.01. The molecule has 0 aliphatic carbocycles. The number of hydrogen-bond donors (Lipinski definition) is 0. The van der Waals surface area contributed by atoms with Crippen molar-refractivity contribution in [2.45, 2.75) is 13.8 Å². The van der Waals surface area contributed by atoms with Crippen molar-refractivity contribution in [3.05, 3.63) is 0 Å². The van der Waals surface area contributed by atoms with Gasteiger partial charge in [0.1, 0.15) is 0 Å². The normalized spacial score (nSPS) is 11.9. The molecule has 0 unspecified atom stereocenters. The lowest BCUT2D eigenvalue weighted by molar-refractivity contribution is 0.343. The Morgan fingerprint density at radius 3 is 1.92 bits per heavy atom. The molecule has 74 valence electrons. The highest BCUT2D eigenvalue weighted by Gasteiger charge is 2.27. The maximum atomic E-state index is 11.3. The second-order valence-electron chi connectivity index (χ2n) is 1.48. The zero-order valence-corrected chi connectivity index (χ0v) is 9.97. The fraction of sp³-hybridized carbons (Fsp3) is 1.00. The van der Waals surface area contributed by atoms with Gasteiger partial charge in [0.2, 0.25) is 0 Å². The molecule has 0 fully saturated rings. The molecule has 0 heterocycles. The fourth-order valence-corrected chi connectivity index (χ4v) is 3.07. The van der Waals surface area contributed by atoms with Crippen molar-refractivity contribution in [1.29, 1.82) is 0 Å². The first-order chi connectivity index (χ1) is 5.68. The van der Waals surface area contributed by atoms with Crippen molar-refractivity contribution in [3.8, 4) is 0 Å². The van der Waals surface area contributed by atoms with E-state index in [4.69, 9.17) is 19.8 Å². The van der Waals surface area contributed by atoms with E-state index in [1.165, 1.54) is 0 Å². The van der Waals surface area contributed by atoms with Crippen LogP contribution < -0.4 is 0 Å². The molecule has 0 bridgehead atoms. The van der Waals surface area contributed by atoms with Gasteiger partial charge in [-0.2, -0.15) is 4.08 Å². The average Bonchev–Trinajstić information content (AvgIpc) is 2.11. The number of hydrogen-bond acceptors (Lipinski definition) is 6. The maximum Gasteiger partial charge on any atom is 0.513 e. The summed E-state index contributed by atoms with van der Waals surface area (Å²) in [5.41, 5.74) is 0. The molecule has 0 atom stereocenters. The van der Waals surface area contributed by atoms with Gasteiger partial charge in [0, 0.05) is 35.6 Å². The van der Waals surface area contributed by atoms with Crippen LogP contribution in [0.25, 0.3) is 0 Å². The Kier molecular flexibility index (Phi) is 8.19. The molecule has 0 aromatic rings. The SMILES string of the molecule is CCSOP(=O)(OCl)OSCC. The highest BCUT2D eigenvalue weighted by Crippen LogP contribution is 2.56. The average molecular weight is 253 g/mol. The summed E-state index contributed by atoms with van der Waals surface area (Å²) < 4.78 is 24.8. The molecule has 0 aromatic heterocycles. The smallest absolute Gasteiger partial charge is 0.224 e. The molecule has 0 rings (SSSR count). The third-order valence-corrected chi connectivity index (χ3v) is 4.06. The summed E-state index contributed by atoms with van der Waals surface area (Å²) in [4.78, 5) is 0. The Hall–Kier alpha value is 1.10. The maximum absolute atomic E-state index is 11.3. The first-order valence-corrected chi connectivity index (χ1v) is 6.80. The minimum absolute atomic E-state index is 0.643. The van der Waals surface area contributed by atoms with Gasteiger partial charge in [0.05, 0.1) is 11.9 Å². The largest absolute Gasteiger partial charge is 0.513 e. The first kappa shape index (κ1) is 13.1. The van der Waals surface area contributed by atoms with E-state index in [9.17, 15) is 4.57 Å². The lowest BCUT2D eigenvalue weighted by Crippen LogP contribution is -1.85. The van der Waals surface area contributed by atoms with Gasteiger partial charge >= 0.3 is 7.82 Å². The summed E-state index contributed by atoms with van der Waals surface area (Å²) >= 11 is 6.90. The van der Waals surface area contributed by atoms with Crippen LogP contribution in [0.5, 0.6) is 0 Å². The van der Waals surface area contributed by atoms with E-state index in [0.29, 0.717) is 11.5 Å². The molecule has 0 aliphatic rings. The molecule has 12 heavy (non-hydrogen) atoms. The standard InChI is InChI=1S/C4H10ClO4PS2/c1-3-11-8-10(6,7-5)9-12-4-2/h3-4H2,1-2H3. The van der Waals surface area contributed by atoms with Crippen LogP contribution >= 0.6 is 43.8 Å². The molecule has 0 aromatic carbocycles. The molecule has 0 saturated heterocycles. The van der Waals surface area contributed by atoms with Crippen LogP contribution in [0.4, 0.5) is 0 Å². The second-order valence-corrected chi connectivity index (χ2v) is 5.74. The molecule has 0 spiro atoms. The topological polar surface area (TPSA) is 44.8 Å². The van der Waals surface area contributed by atoms with Crippen molar-refractivity contribution in [1.82, 2.24) is 0 Å². The summed E-state index contributed by atoms with van der Waals surface area (Å²) in [7, 11) is -3.54. The molecule has 4 nitrogen and oxygen atoms in total. The zero-order valence-electron chi connectivity index (χ0n) is 6.69. The van der Waals surface area contributed by atoms with E-state index in [2.05, 4.69) is 4.08 Å². The molecule has 0 saturated carbocycles. The van der Waals surface area contributed by atoms with E-state index in [1.807, 2.05) is 13.8 Å². The van der Waals surface area contributed by atoms with Crippen LogP contribution in [-0.2, 0) is 16.6 Å². The van der Waals surface area contributed by atoms with Crippen molar-refractivity contribution < 1.29 is 16.6 Å². The van der Waals surface area contributed by atoms with Gasteiger partial charge in [0.15, 0.2) is 0 Å². The van der Waals surface area contributed by atoms with Gasteiger partial charge in [-0.25, -0.2) is 12.5 Å². The lowest BCUT2D eigenvalue weighted by Gasteiger charge is -2.09. The molecule has 8 heteroatoms. The second kappa shape index (κ2) is 7.50. The van der Waals surface area contributed by atoms with Crippen LogP contribution in [-0.4, -0.2) is 11.5 Å². The summed E-state index contributed by atoms with van der Waals surface area (Å²) in [6.45, 7) is 3.69. The van der Waals surface area contributed by atoms with Gasteiger partial charge in [-0.15, -0.1) is 0 Å². The minimum Gasteiger partial charge on any atom is -0.224 e. The van der Waals surface area contributed by atoms with Crippen molar-refractivity contribution >= 4 is 43.8 Å².